The molecule has 0 saturated carbocycles. The molecular formula is C18H14BrN3O4. The molecule has 0 bridgehead atoms. The highest BCUT2D eigenvalue weighted by Gasteiger charge is 2.29. The Bertz CT molecular complexity index is 951. The van der Waals surface area contributed by atoms with Gasteiger partial charge in [0.1, 0.15) is 0 Å². The van der Waals surface area contributed by atoms with Gasteiger partial charge in [-0.05, 0) is 48.9 Å². The van der Waals surface area contributed by atoms with Crippen molar-refractivity contribution < 1.29 is 14.5 Å². The van der Waals surface area contributed by atoms with E-state index in [1.165, 1.54) is 24.3 Å². The number of carbonyl (C=O) groups is 1. The Labute approximate surface area is 157 Å². The molecule has 0 N–H and O–H groups in total. The summed E-state index contributed by atoms with van der Waals surface area (Å²) in [6.45, 7) is 1.72. The van der Waals surface area contributed by atoms with Crippen LogP contribution in [0.1, 0.15) is 12.5 Å². The highest BCUT2D eigenvalue weighted by Crippen LogP contribution is 2.30. The summed E-state index contributed by atoms with van der Waals surface area (Å²) in [5, 5.41) is 16.8. The fourth-order valence-electron chi connectivity index (χ4n) is 2.55. The van der Waals surface area contributed by atoms with Crippen LogP contribution in [0, 0.1) is 10.1 Å². The Morgan fingerprint density at radius 1 is 1.23 bits per heavy atom. The predicted octanol–water partition coefficient (Wildman–Crippen LogP) is 4.17. The van der Waals surface area contributed by atoms with Gasteiger partial charge in [0, 0.05) is 10.5 Å². The third kappa shape index (κ3) is 3.36. The number of ether oxygens (including phenoxy) is 1. The molecule has 0 unspecified atom stereocenters. The van der Waals surface area contributed by atoms with Crippen LogP contribution in [0.25, 0.3) is 6.08 Å². The summed E-state index contributed by atoms with van der Waals surface area (Å²) in [6, 6.07) is 11.7. The molecule has 2 aromatic carbocycles. The summed E-state index contributed by atoms with van der Waals surface area (Å²) >= 11 is 3.35. The van der Waals surface area contributed by atoms with E-state index in [4.69, 9.17) is 4.74 Å². The molecule has 0 spiro atoms. The van der Waals surface area contributed by atoms with Crippen molar-refractivity contribution in [2.75, 3.05) is 12.1 Å². The van der Waals surface area contributed by atoms with Crippen molar-refractivity contribution in [3.8, 4) is 5.75 Å². The molecule has 1 heterocycles. The highest BCUT2D eigenvalue weighted by atomic mass is 79.9. The van der Waals surface area contributed by atoms with E-state index in [2.05, 4.69) is 21.0 Å². The molecule has 1 aliphatic heterocycles. The smallest absolute Gasteiger partial charge is 0.311 e. The van der Waals surface area contributed by atoms with Crippen molar-refractivity contribution in [2.24, 2.45) is 5.10 Å². The van der Waals surface area contributed by atoms with Crippen LogP contribution >= 0.6 is 15.9 Å². The third-order valence-corrected chi connectivity index (χ3v) is 4.37. The van der Waals surface area contributed by atoms with Crippen molar-refractivity contribution >= 4 is 45.0 Å². The van der Waals surface area contributed by atoms with Gasteiger partial charge < -0.3 is 4.74 Å². The number of methoxy groups -OCH3 is 1. The second kappa shape index (κ2) is 7.09. The summed E-state index contributed by atoms with van der Waals surface area (Å²) in [5.41, 5.74) is 1.92. The van der Waals surface area contributed by atoms with Crippen molar-refractivity contribution in [3.63, 3.8) is 0 Å². The number of anilines is 1. The van der Waals surface area contributed by atoms with Crippen LogP contribution in [-0.2, 0) is 4.79 Å². The van der Waals surface area contributed by atoms with E-state index in [1.54, 1.807) is 31.2 Å². The van der Waals surface area contributed by atoms with Gasteiger partial charge in [-0.25, -0.2) is 0 Å². The topological polar surface area (TPSA) is 85.0 Å². The monoisotopic (exact) mass is 415 g/mol. The van der Waals surface area contributed by atoms with Crippen LogP contribution in [0.5, 0.6) is 5.75 Å². The average molecular weight is 416 g/mol. The van der Waals surface area contributed by atoms with Gasteiger partial charge in [0.05, 0.1) is 29.0 Å². The molecule has 0 saturated heterocycles. The lowest BCUT2D eigenvalue weighted by Gasteiger charge is -2.11. The van der Waals surface area contributed by atoms with Crippen LogP contribution < -0.4 is 9.75 Å². The van der Waals surface area contributed by atoms with Crippen LogP contribution in [-0.4, -0.2) is 23.7 Å². The maximum absolute atomic E-state index is 12.7. The van der Waals surface area contributed by atoms with E-state index in [1.807, 2.05) is 12.1 Å². The zero-order valence-electron chi connectivity index (χ0n) is 14.0. The Balaban J connectivity index is 1.96. The van der Waals surface area contributed by atoms with Gasteiger partial charge in [-0.2, -0.15) is 10.1 Å². The van der Waals surface area contributed by atoms with E-state index in [-0.39, 0.29) is 17.3 Å². The molecule has 132 valence electrons. The molecule has 2 aromatic rings. The van der Waals surface area contributed by atoms with E-state index in [9.17, 15) is 14.9 Å². The average Bonchev–Trinajstić information content (AvgIpc) is 2.90. The summed E-state index contributed by atoms with van der Waals surface area (Å²) in [7, 11) is 1.37. The number of nitrogens with zero attached hydrogens (tertiary/aromatic N) is 3. The van der Waals surface area contributed by atoms with Gasteiger partial charge >= 0.3 is 5.69 Å². The Morgan fingerprint density at radius 2 is 1.92 bits per heavy atom. The van der Waals surface area contributed by atoms with Gasteiger partial charge in [0.15, 0.2) is 5.75 Å². The first-order valence-corrected chi connectivity index (χ1v) is 8.39. The number of hydrogen-bond acceptors (Lipinski definition) is 5. The molecule has 8 heteroatoms. The van der Waals surface area contributed by atoms with Crippen LogP contribution in [0.3, 0.4) is 0 Å². The predicted molar refractivity (Wildman–Crippen MR) is 102 cm³/mol. The summed E-state index contributed by atoms with van der Waals surface area (Å²) < 4.78 is 5.89. The molecule has 0 aliphatic carbocycles. The zero-order valence-corrected chi connectivity index (χ0v) is 15.6. The second-order valence-electron chi connectivity index (χ2n) is 5.53. The minimum atomic E-state index is -0.521. The molecule has 0 atom stereocenters. The fraction of sp³-hybridized carbons (Fsp3) is 0.111. The molecule has 7 nitrogen and oxygen atoms in total. The molecule has 0 aromatic heterocycles. The summed E-state index contributed by atoms with van der Waals surface area (Å²) in [5.74, 6) is -0.125. The summed E-state index contributed by atoms with van der Waals surface area (Å²) in [6.07, 6.45) is 1.59. The number of amides is 1. The van der Waals surface area contributed by atoms with Gasteiger partial charge in [0.2, 0.25) is 0 Å². The summed E-state index contributed by atoms with van der Waals surface area (Å²) in [4.78, 5) is 23.4. The highest BCUT2D eigenvalue weighted by molar-refractivity contribution is 9.10. The second-order valence-corrected chi connectivity index (χ2v) is 6.44. The molecule has 0 fully saturated rings. The molecule has 3 rings (SSSR count). The number of nitro groups is 1. The quantitative estimate of drug-likeness (QED) is 0.425. The van der Waals surface area contributed by atoms with Gasteiger partial charge in [-0.3, -0.25) is 14.9 Å². The third-order valence-electron chi connectivity index (χ3n) is 3.84. The van der Waals surface area contributed by atoms with Crippen LogP contribution in [0.4, 0.5) is 11.4 Å². The number of benzene rings is 2. The largest absolute Gasteiger partial charge is 0.490 e. The van der Waals surface area contributed by atoms with Crippen molar-refractivity contribution in [2.45, 2.75) is 6.92 Å². The maximum Gasteiger partial charge on any atom is 0.311 e. The number of nitro benzene ring substituents is 1. The Kier molecular flexibility index (Phi) is 4.85. The molecule has 26 heavy (non-hydrogen) atoms. The van der Waals surface area contributed by atoms with E-state index < -0.39 is 4.92 Å². The van der Waals surface area contributed by atoms with E-state index in [0.29, 0.717) is 22.5 Å². The minimum absolute atomic E-state index is 0.161. The number of hydrazone groups is 1. The number of carbonyl (C=O) groups excluding carboxylic acids is 1. The lowest BCUT2D eigenvalue weighted by atomic mass is 10.1. The first-order valence-electron chi connectivity index (χ1n) is 7.60. The maximum atomic E-state index is 12.7. The first-order chi connectivity index (χ1) is 12.4. The SMILES string of the molecule is COc1ccc(/C=C2/C(=O)N(c3ccc(Br)cc3)N=C2C)cc1[N+](=O)[O-]. The molecule has 1 amide bonds. The van der Waals surface area contributed by atoms with Crippen molar-refractivity contribution in [1.82, 2.24) is 0 Å². The van der Waals surface area contributed by atoms with E-state index >= 15 is 0 Å². The Hall–Kier alpha value is -3.00. The fourth-order valence-corrected chi connectivity index (χ4v) is 2.81. The van der Waals surface area contributed by atoms with Gasteiger partial charge in [-0.15, -0.1) is 0 Å². The lowest BCUT2D eigenvalue weighted by molar-refractivity contribution is -0.385. The lowest BCUT2D eigenvalue weighted by Crippen LogP contribution is -2.21. The van der Waals surface area contributed by atoms with Crippen molar-refractivity contribution in [3.05, 3.63) is 68.2 Å². The minimum Gasteiger partial charge on any atom is -0.490 e. The normalized spacial score (nSPS) is 15.3. The number of rotatable bonds is 4. The standard InChI is InChI=1S/C18H14BrN3O4/c1-11-15(9-12-3-8-17(26-2)16(10-12)22(24)25)18(23)21(20-11)14-6-4-13(19)5-7-14/h3-10H,1-2H3/b15-9+. The zero-order chi connectivity index (χ0) is 18.8. The Morgan fingerprint density at radius 3 is 2.54 bits per heavy atom. The van der Waals surface area contributed by atoms with Gasteiger partial charge in [-0.1, -0.05) is 22.0 Å². The molecule has 1 aliphatic rings. The molecule has 0 radical (unpaired) electrons. The van der Waals surface area contributed by atoms with Crippen LogP contribution in [0.2, 0.25) is 0 Å². The van der Waals surface area contributed by atoms with Crippen LogP contribution in [0.15, 0.2) is 57.6 Å². The first kappa shape index (κ1) is 17.8. The molecular weight excluding hydrogens is 402 g/mol. The van der Waals surface area contributed by atoms with Crippen molar-refractivity contribution in [1.29, 1.82) is 0 Å². The number of hydrogen-bond donors (Lipinski definition) is 0. The van der Waals surface area contributed by atoms with Gasteiger partial charge in [0.25, 0.3) is 5.91 Å². The number of halogens is 1. The van der Waals surface area contributed by atoms with E-state index in [0.717, 1.165) is 4.47 Å².